The minimum atomic E-state index is -4.81. The first-order valence-corrected chi connectivity index (χ1v) is 9.86. The fraction of sp³-hybridized carbons (Fsp3) is 0.278. The standard InChI is InChI=1S/C18H17F3N2O4S/c19-18(20,21)27-15-8-6-13(7-9-15)17(24)22-14-4-3-5-16(12-14)28(25,26)23-10-1-2-11-23/h3-9,12H,1-2,10-11H2,(H,22,24). The molecule has 2 aromatic rings. The maximum absolute atomic E-state index is 12.6. The van der Waals surface area contributed by atoms with Crippen molar-refractivity contribution in [3.63, 3.8) is 0 Å². The molecule has 1 N–H and O–H groups in total. The summed E-state index contributed by atoms with van der Waals surface area (Å²) in [6, 6.07) is 10.3. The third-order valence-electron chi connectivity index (χ3n) is 4.14. The molecule has 10 heteroatoms. The van der Waals surface area contributed by atoms with Gasteiger partial charge < -0.3 is 10.1 Å². The zero-order chi connectivity index (χ0) is 20.4. The smallest absolute Gasteiger partial charge is 0.406 e. The number of carbonyl (C=O) groups is 1. The van der Waals surface area contributed by atoms with Crippen LogP contribution in [0.4, 0.5) is 18.9 Å². The molecule has 150 valence electrons. The summed E-state index contributed by atoms with van der Waals surface area (Å²) in [7, 11) is -3.63. The molecular formula is C18H17F3N2O4S. The number of benzene rings is 2. The van der Waals surface area contributed by atoms with Gasteiger partial charge >= 0.3 is 6.36 Å². The number of anilines is 1. The van der Waals surface area contributed by atoms with Gasteiger partial charge in [-0.25, -0.2) is 8.42 Å². The van der Waals surface area contributed by atoms with Crippen molar-refractivity contribution < 1.29 is 31.1 Å². The minimum absolute atomic E-state index is 0.0705. The van der Waals surface area contributed by atoms with Gasteiger partial charge in [0, 0.05) is 24.3 Å². The van der Waals surface area contributed by atoms with Gasteiger partial charge in [0.2, 0.25) is 10.0 Å². The molecule has 3 rings (SSSR count). The molecule has 1 fully saturated rings. The molecular weight excluding hydrogens is 397 g/mol. The number of alkyl halides is 3. The molecule has 0 aromatic heterocycles. The molecule has 1 aliphatic rings. The van der Waals surface area contributed by atoms with Gasteiger partial charge in [-0.1, -0.05) is 6.07 Å². The number of hydrogen-bond acceptors (Lipinski definition) is 4. The normalized spacial score (nSPS) is 15.4. The Kier molecular flexibility index (Phi) is 5.61. The van der Waals surface area contributed by atoms with Crippen molar-refractivity contribution in [1.29, 1.82) is 0 Å². The highest BCUT2D eigenvalue weighted by Gasteiger charge is 2.31. The molecule has 0 unspecified atom stereocenters. The lowest BCUT2D eigenvalue weighted by molar-refractivity contribution is -0.274. The second kappa shape index (κ2) is 7.80. The lowest BCUT2D eigenvalue weighted by atomic mass is 10.2. The van der Waals surface area contributed by atoms with Crippen LogP contribution in [-0.4, -0.2) is 38.1 Å². The second-order valence-electron chi connectivity index (χ2n) is 6.17. The molecule has 0 bridgehead atoms. The number of halogens is 3. The lowest BCUT2D eigenvalue weighted by Gasteiger charge is -2.16. The SMILES string of the molecule is O=C(Nc1cccc(S(=O)(=O)N2CCCC2)c1)c1ccc(OC(F)(F)F)cc1. The van der Waals surface area contributed by atoms with Gasteiger partial charge in [0.05, 0.1) is 4.90 Å². The van der Waals surface area contributed by atoms with E-state index >= 15 is 0 Å². The molecule has 0 radical (unpaired) electrons. The van der Waals surface area contributed by atoms with E-state index in [9.17, 15) is 26.4 Å². The first-order valence-electron chi connectivity index (χ1n) is 8.42. The van der Waals surface area contributed by atoms with Crippen molar-refractivity contribution in [1.82, 2.24) is 4.31 Å². The molecule has 1 saturated heterocycles. The summed E-state index contributed by atoms with van der Waals surface area (Å²) in [6.07, 6.45) is -3.20. The quantitative estimate of drug-likeness (QED) is 0.811. The number of carbonyl (C=O) groups excluding carboxylic acids is 1. The monoisotopic (exact) mass is 414 g/mol. The van der Waals surface area contributed by atoms with Crippen LogP contribution in [0.5, 0.6) is 5.75 Å². The Hall–Kier alpha value is -2.59. The van der Waals surface area contributed by atoms with E-state index in [4.69, 9.17) is 0 Å². The molecule has 1 aliphatic heterocycles. The van der Waals surface area contributed by atoms with Crippen LogP contribution in [0.15, 0.2) is 53.4 Å². The molecule has 0 aliphatic carbocycles. The first kappa shape index (κ1) is 20.2. The van der Waals surface area contributed by atoms with Crippen molar-refractivity contribution in [2.45, 2.75) is 24.1 Å². The number of rotatable bonds is 5. The van der Waals surface area contributed by atoms with Gasteiger partial charge in [-0.3, -0.25) is 4.79 Å². The lowest BCUT2D eigenvalue weighted by Crippen LogP contribution is -2.27. The number of nitrogens with zero attached hydrogens (tertiary/aromatic N) is 1. The number of amides is 1. The van der Waals surface area contributed by atoms with Crippen molar-refractivity contribution in [3.05, 3.63) is 54.1 Å². The van der Waals surface area contributed by atoms with E-state index in [1.807, 2.05) is 0 Å². The summed E-state index contributed by atoms with van der Waals surface area (Å²) in [6.45, 7) is 0.927. The Morgan fingerprint density at radius 1 is 1.04 bits per heavy atom. The zero-order valence-corrected chi connectivity index (χ0v) is 15.4. The number of hydrogen-bond donors (Lipinski definition) is 1. The Balaban J connectivity index is 1.72. The second-order valence-corrected chi connectivity index (χ2v) is 8.10. The summed E-state index contributed by atoms with van der Waals surface area (Å²) in [4.78, 5) is 12.4. The average Bonchev–Trinajstić information content (AvgIpc) is 3.17. The third-order valence-corrected chi connectivity index (χ3v) is 6.04. The van der Waals surface area contributed by atoms with Gasteiger partial charge in [-0.15, -0.1) is 13.2 Å². The highest BCUT2D eigenvalue weighted by Crippen LogP contribution is 2.25. The van der Waals surface area contributed by atoms with E-state index < -0.39 is 28.0 Å². The predicted molar refractivity (Wildman–Crippen MR) is 95.5 cm³/mol. The van der Waals surface area contributed by atoms with Gasteiger partial charge in [0.1, 0.15) is 5.75 Å². The van der Waals surface area contributed by atoms with E-state index in [1.54, 1.807) is 0 Å². The third kappa shape index (κ3) is 4.82. The predicted octanol–water partition coefficient (Wildman–Crippen LogP) is 3.62. The van der Waals surface area contributed by atoms with Crippen LogP contribution in [0.1, 0.15) is 23.2 Å². The van der Waals surface area contributed by atoms with Crippen LogP contribution in [0.3, 0.4) is 0 Å². The maximum atomic E-state index is 12.6. The summed E-state index contributed by atoms with van der Waals surface area (Å²) in [5, 5.41) is 2.54. The first-order chi connectivity index (χ1) is 13.1. The number of ether oxygens (including phenoxy) is 1. The van der Waals surface area contributed by atoms with Crippen LogP contribution < -0.4 is 10.1 Å². The van der Waals surface area contributed by atoms with E-state index in [0.29, 0.717) is 13.1 Å². The summed E-state index contributed by atoms with van der Waals surface area (Å²) in [5.74, 6) is -1.03. The van der Waals surface area contributed by atoms with Gasteiger partial charge in [0.15, 0.2) is 0 Å². The van der Waals surface area contributed by atoms with Crippen LogP contribution in [0.2, 0.25) is 0 Å². The van der Waals surface area contributed by atoms with Gasteiger partial charge in [0.25, 0.3) is 5.91 Å². The molecule has 28 heavy (non-hydrogen) atoms. The fourth-order valence-corrected chi connectivity index (χ4v) is 4.39. The van der Waals surface area contributed by atoms with E-state index in [0.717, 1.165) is 25.0 Å². The van der Waals surface area contributed by atoms with E-state index in [1.165, 1.54) is 40.7 Å². The minimum Gasteiger partial charge on any atom is -0.406 e. The number of sulfonamides is 1. The molecule has 0 spiro atoms. The molecule has 0 saturated carbocycles. The summed E-state index contributed by atoms with van der Waals surface area (Å²) in [5.41, 5.74) is 0.364. The molecule has 0 atom stereocenters. The Morgan fingerprint density at radius 3 is 2.29 bits per heavy atom. The van der Waals surface area contributed by atoms with Crippen molar-refractivity contribution in [2.75, 3.05) is 18.4 Å². The van der Waals surface area contributed by atoms with Gasteiger partial charge in [-0.2, -0.15) is 4.31 Å². The van der Waals surface area contributed by atoms with Crippen LogP contribution in [0, 0.1) is 0 Å². The van der Waals surface area contributed by atoms with Crippen LogP contribution in [-0.2, 0) is 10.0 Å². The summed E-state index contributed by atoms with van der Waals surface area (Å²) < 4.78 is 66.9. The molecule has 1 amide bonds. The van der Waals surface area contributed by atoms with Gasteiger partial charge in [-0.05, 0) is 55.3 Å². The Morgan fingerprint density at radius 2 is 1.68 bits per heavy atom. The maximum Gasteiger partial charge on any atom is 0.573 e. The van der Waals surface area contributed by atoms with E-state index in [2.05, 4.69) is 10.1 Å². The highest BCUT2D eigenvalue weighted by molar-refractivity contribution is 7.89. The van der Waals surface area contributed by atoms with E-state index in [-0.39, 0.29) is 16.1 Å². The van der Waals surface area contributed by atoms with Crippen molar-refractivity contribution in [2.24, 2.45) is 0 Å². The number of nitrogens with one attached hydrogen (secondary N) is 1. The van der Waals surface area contributed by atoms with Crippen molar-refractivity contribution in [3.8, 4) is 5.75 Å². The molecule has 1 heterocycles. The largest absolute Gasteiger partial charge is 0.573 e. The van der Waals surface area contributed by atoms with Crippen LogP contribution >= 0.6 is 0 Å². The average molecular weight is 414 g/mol. The Labute approximate surface area is 160 Å². The van der Waals surface area contributed by atoms with Crippen LogP contribution in [0.25, 0.3) is 0 Å². The molecule has 6 nitrogen and oxygen atoms in total. The topological polar surface area (TPSA) is 75.7 Å². The molecule has 2 aromatic carbocycles. The van der Waals surface area contributed by atoms with Crippen molar-refractivity contribution >= 4 is 21.6 Å². The summed E-state index contributed by atoms with van der Waals surface area (Å²) >= 11 is 0. The fourth-order valence-electron chi connectivity index (χ4n) is 2.82. The Bertz CT molecular complexity index is 954. The highest BCUT2D eigenvalue weighted by atomic mass is 32.2. The zero-order valence-electron chi connectivity index (χ0n) is 14.6.